The van der Waals surface area contributed by atoms with E-state index in [-0.39, 0.29) is 11.7 Å². The molecule has 0 aliphatic rings. The van der Waals surface area contributed by atoms with Gasteiger partial charge >= 0.3 is 0 Å². The molecule has 2 rings (SSSR count). The second-order valence-electron chi connectivity index (χ2n) is 4.49. The second-order valence-corrected chi connectivity index (χ2v) is 4.49. The minimum atomic E-state index is -0.0842. The van der Waals surface area contributed by atoms with Crippen LogP contribution in [-0.2, 0) is 0 Å². The summed E-state index contributed by atoms with van der Waals surface area (Å²) in [5.74, 6) is -0.00259. The van der Waals surface area contributed by atoms with E-state index >= 15 is 0 Å². The van der Waals surface area contributed by atoms with Crippen molar-refractivity contribution in [3.05, 3.63) is 30.2 Å². The molecule has 0 unspecified atom stereocenters. The van der Waals surface area contributed by atoms with Crippen LogP contribution in [0.5, 0.6) is 5.75 Å². The van der Waals surface area contributed by atoms with Gasteiger partial charge in [0.25, 0.3) is 5.91 Å². The van der Waals surface area contributed by atoms with Crippen molar-refractivity contribution < 1.29 is 9.90 Å². The number of fused-ring (bicyclic) bond motifs is 1. The van der Waals surface area contributed by atoms with Crippen molar-refractivity contribution >= 4 is 11.6 Å². The molecule has 0 aliphatic carbocycles. The summed E-state index contributed by atoms with van der Waals surface area (Å²) < 4.78 is 1.66. The van der Waals surface area contributed by atoms with Gasteiger partial charge in [-0.15, -0.1) is 0 Å². The van der Waals surface area contributed by atoms with Crippen molar-refractivity contribution in [2.75, 3.05) is 13.1 Å². The molecule has 19 heavy (non-hydrogen) atoms. The van der Waals surface area contributed by atoms with Gasteiger partial charge < -0.3 is 14.4 Å². The lowest BCUT2D eigenvalue weighted by Crippen LogP contribution is -2.31. The summed E-state index contributed by atoms with van der Waals surface area (Å²) in [4.78, 5) is 18.3. The van der Waals surface area contributed by atoms with Gasteiger partial charge in [0.2, 0.25) is 0 Å². The predicted octanol–water partition coefficient (Wildman–Crippen LogP) is 2.30. The zero-order valence-corrected chi connectivity index (χ0v) is 11.3. The van der Waals surface area contributed by atoms with E-state index in [4.69, 9.17) is 0 Å². The Kier molecular flexibility index (Phi) is 4.04. The summed E-state index contributed by atoms with van der Waals surface area (Å²) in [7, 11) is 0. The van der Waals surface area contributed by atoms with Crippen LogP contribution in [0.25, 0.3) is 5.65 Å². The van der Waals surface area contributed by atoms with E-state index in [0.717, 1.165) is 19.4 Å². The van der Waals surface area contributed by atoms with Crippen molar-refractivity contribution in [3.63, 3.8) is 0 Å². The van der Waals surface area contributed by atoms with Crippen LogP contribution in [0.15, 0.2) is 24.5 Å². The van der Waals surface area contributed by atoms with Crippen molar-refractivity contribution in [1.82, 2.24) is 14.3 Å². The first-order valence-electron chi connectivity index (χ1n) is 6.63. The monoisotopic (exact) mass is 261 g/mol. The first kappa shape index (κ1) is 13.4. The fourth-order valence-electron chi connectivity index (χ4n) is 2.02. The minimum Gasteiger partial charge on any atom is -0.504 e. The maximum absolute atomic E-state index is 12.3. The third-order valence-corrected chi connectivity index (χ3v) is 3.13. The molecule has 1 amide bonds. The summed E-state index contributed by atoms with van der Waals surface area (Å²) in [5.41, 5.74) is 0.789. The van der Waals surface area contributed by atoms with Crippen LogP contribution in [-0.4, -0.2) is 38.4 Å². The first-order valence-corrected chi connectivity index (χ1v) is 6.63. The van der Waals surface area contributed by atoms with Crippen LogP contribution in [0.1, 0.15) is 37.2 Å². The highest BCUT2D eigenvalue weighted by atomic mass is 16.3. The van der Waals surface area contributed by atoms with Crippen LogP contribution >= 0.6 is 0 Å². The number of aromatic nitrogens is 2. The zero-order valence-electron chi connectivity index (χ0n) is 11.3. The smallest absolute Gasteiger partial charge is 0.274 e. The van der Waals surface area contributed by atoms with Crippen LogP contribution in [0.4, 0.5) is 0 Å². The maximum atomic E-state index is 12.3. The standard InChI is InChI=1S/C14H19N3O2/c1-3-5-8-16(4-2)14(19)11-10-17-9-6-7-12(18)13(17)15-11/h6-7,9-10,18H,3-5,8H2,1-2H3. The fraction of sp³-hybridized carbons (Fsp3) is 0.429. The number of aromatic hydroxyl groups is 1. The number of carbonyl (C=O) groups excluding carboxylic acids is 1. The fourth-order valence-corrected chi connectivity index (χ4v) is 2.02. The molecule has 0 radical (unpaired) electrons. The average Bonchev–Trinajstić information content (AvgIpc) is 2.85. The highest BCUT2D eigenvalue weighted by molar-refractivity contribution is 5.93. The van der Waals surface area contributed by atoms with Gasteiger partial charge in [0.1, 0.15) is 5.69 Å². The molecule has 0 bridgehead atoms. The van der Waals surface area contributed by atoms with Crippen molar-refractivity contribution in [3.8, 4) is 5.75 Å². The van der Waals surface area contributed by atoms with Gasteiger partial charge in [-0.1, -0.05) is 13.3 Å². The van der Waals surface area contributed by atoms with Crippen LogP contribution in [0.2, 0.25) is 0 Å². The number of rotatable bonds is 5. The molecular weight excluding hydrogens is 242 g/mol. The number of hydrogen-bond acceptors (Lipinski definition) is 3. The van der Waals surface area contributed by atoms with Gasteiger partial charge in [-0.2, -0.15) is 0 Å². The Morgan fingerprint density at radius 3 is 2.89 bits per heavy atom. The van der Waals surface area contributed by atoms with Crippen LogP contribution in [0, 0.1) is 0 Å². The number of imidazole rings is 1. The number of unbranched alkanes of at least 4 members (excludes halogenated alkanes) is 1. The number of nitrogens with zero attached hydrogens (tertiary/aromatic N) is 3. The zero-order chi connectivity index (χ0) is 13.8. The lowest BCUT2D eigenvalue weighted by atomic mass is 10.3. The number of hydrogen-bond donors (Lipinski definition) is 1. The Hall–Kier alpha value is -2.04. The largest absolute Gasteiger partial charge is 0.504 e. The van der Waals surface area contributed by atoms with E-state index in [0.29, 0.717) is 17.9 Å². The van der Waals surface area contributed by atoms with Gasteiger partial charge in [0, 0.05) is 25.5 Å². The molecule has 5 nitrogen and oxygen atoms in total. The normalized spacial score (nSPS) is 10.8. The van der Waals surface area contributed by atoms with Crippen molar-refractivity contribution in [2.24, 2.45) is 0 Å². The summed E-state index contributed by atoms with van der Waals surface area (Å²) in [6.07, 6.45) is 5.46. The number of pyridine rings is 1. The lowest BCUT2D eigenvalue weighted by molar-refractivity contribution is 0.0757. The second kappa shape index (κ2) is 5.73. The Morgan fingerprint density at radius 1 is 1.47 bits per heavy atom. The molecule has 1 N–H and O–H groups in total. The lowest BCUT2D eigenvalue weighted by Gasteiger charge is -2.19. The van der Waals surface area contributed by atoms with E-state index in [1.165, 1.54) is 0 Å². The third-order valence-electron chi connectivity index (χ3n) is 3.13. The molecule has 102 valence electrons. The Balaban J connectivity index is 2.27. The van der Waals surface area contributed by atoms with E-state index in [9.17, 15) is 9.90 Å². The Labute approximate surface area is 112 Å². The Morgan fingerprint density at radius 2 is 2.26 bits per heavy atom. The molecule has 0 spiro atoms. The highest BCUT2D eigenvalue weighted by Crippen LogP contribution is 2.17. The predicted molar refractivity (Wildman–Crippen MR) is 73.3 cm³/mol. The summed E-state index contributed by atoms with van der Waals surface area (Å²) in [6, 6.07) is 3.28. The van der Waals surface area contributed by atoms with E-state index < -0.39 is 0 Å². The average molecular weight is 261 g/mol. The summed E-state index contributed by atoms with van der Waals surface area (Å²) in [6.45, 7) is 5.46. The van der Waals surface area contributed by atoms with E-state index in [1.807, 2.05) is 6.92 Å². The highest BCUT2D eigenvalue weighted by Gasteiger charge is 2.17. The molecule has 2 aromatic rings. The topological polar surface area (TPSA) is 57.8 Å². The van der Waals surface area contributed by atoms with E-state index in [1.54, 1.807) is 33.8 Å². The van der Waals surface area contributed by atoms with Gasteiger partial charge in [-0.3, -0.25) is 4.79 Å². The summed E-state index contributed by atoms with van der Waals surface area (Å²) >= 11 is 0. The number of carbonyl (C=O) groups is 1. The van der Waals surface area contributed by atoms with Crippen molar-refractivity contribution in [1.29, 1.82) is 0 Å². The molecule has 2 aromatic heterocycles. The summed E-state index contributed by atoms with van der Waals surface area (Å²) in [5, 5.41) is 9.70. The SMILES string of the molecule is CCCCN(CC)C(=O)c1cn2cccc(O)c2n1. The third kappa shape index (κ3) is 2.70. The molecule has 0 fully saturated rings. The first-order chi connectivity index (χ1) is 9.17. The molecule has 0 aliphatic heterocycles. The number of amides is 1. The molecule has 0 saturated heterocycles. The molecule has 2 heterocycles. The molecule has 0 saturated carbocycles. The van der Waals surface area contributed by atoms with Gasteiger partial charge in [-0.25, -0.2) is 4.98 Å². The van der Waals surface area contributed by atoms with E-state index in [2.05, 4.69) is 11.9 Å². The molecule has 0 atom stereocenters. The van der Waals surface area contributed by atoms with Gasteiger partial charge in [-0.05, 0) is 25.5 Å². The Bertz CT molecular complexity index is 577. The van der Waals surface area contributed by atoms with Crippen LogP contribution < -0.4 is 0 Å². The molecular formula is C14H19N3O2. The van der Waals surface area contributed by atoms with Crippen LogP contribution in [0.3, 0.4) is 0 Å². The van der Waals surface area contributed by atoms with Gasteiger partial charge in [0.05, 0.1) is 0 Å². The maximum Gasteiger partial charge on any atom is 0.274 e. The quantitative estimate of drug-likeness (QED) is 0.898. The molecule has 5 heteroatoms. The molecule has 0 aromatic carbocycles. The minimum absolute atomic E-state index is 0.0816. The van der Waals surface area contributed by atoms with Crippen molar-refractivity contribution in [2.45, 2.75) is 26.7 Å². The van der Waals surface area contributed by atoms with Gasteiger partial charge in [0.15, 0.2) is 11.4 Å².